The molecule has 0 bridgehead atoms. The summed E-state index contributed by atoms with van der Waals surface area (Å²) in [7, 11) is -2.85. The minimum absolute atomic E-state index is 0.205. The molecule has 90 valence electrons. The molecule has 3 nitrogen and oxygen atoms in total. The zero-order valence-corrected chi connectivity index (χ0v) is 10.6. The van der Waals surface area contributed by atoms with E-state index in [0.717, 1.165) is 12.8 Å². The molecule has 0 aromatic carbocycles. The third kappa shape index (κ3) is 3.76. The first-order valence-corrected chi connectivity index (χ1v) is 7.72. The molecule has 2 N–H and O–H groups in total. The van der Waals surface area contributed by atoms with Gasteiger partial charge >= 0.3 is 0 Å². The van der Waals surface area contributed by atoms with Crippen LogP contribution in [0, 0.1) is 5.92 Å². The van der Waals surface area contributed by atoms with E-state index in [1.165, 1.54) is 12.8 Å². The maximum absolute atomic E-state index is 11.4. The van der Waals surface area contributed by atoms with E-state index in [4.69, 9.17) is 5.73 Å². The molecular weight excluding hydrogens is 210 g/mol. The van der Waals surface area contributed by atoms with Crippen molar-refractivity contribution in [3.63, 3.8) is 0 Å². The molecule has 2 unspecified atom stereocenters. The zero-order valence-electron chi connectivity index (χ0n) is 9.83. The van der Waals surface area contributed by atoms with E-state index in [0.29, 0.717) is 12.3 Å². The number of sulfone groups is 1. The average molecular weight is 233 g/mol. The van der Waals surface area contributed by atoms with E-state index >= 15 is 0 Å². The zero-order chi connectivity index (χ0) is 11.5. The Bertz CT molecular complexity index is 300. The first-order chi connectivity index (χ1) is 6.91. The van der Waals surface area contributed by atoms with E-state index in [2.05, 4.69) is 6.92 Å². The summed E-state index contributed by atoms with van der Waals surface area (Å²) in [4.78, 5) is 0. The van der Waals surface area contributed by atoms with Crippen LogP contribution in [0.25, 0.3) is 0 Å². The highest BCUT2D eigenvalue weighted by molar-refractivity contribution is 7.91. The Morgan fingerprint density at radius 1 is 1.40 bits per heavy atom. The van der Waals surface area contributed by atoms with Crippen molar-refractivity contribution in [3.05, 3.63) is 0 Å². The van der Waals surface area contributed by atoms with Gasteiger partial charge in [0.15, 0.2) is 0 Å². The van der Waals surface area contributed by atoms with Crippen LogP contribution in [0.4, 0.5) is 0 Å². The first-order valence-electron chi connectivity index (χ1n) is 5.90. The van der Waals surface area contributed by atoms with Crippen molar-refractivity contribution >= 4 is 9.84 Å². The molecule has 2 atom stereocenters. The van der Waals surface area contributed by atoms with Gasteiger partial charge in [-0.05, 0) is 31.6 Å². The molecule has 0 radical (unpaired) electrons. The maximum atomic E-state index is 11.4. The van der Waals surface area contributed by atoms with Gasteiger partial charge in [0.1, 0.15) is 9.84 Å². The lowest BCUT2D eigenvalue weighted by atomic mass is 9.93. The third-order valence-corrected chi connectivity index (χ3v) is 5.38. The van der Waals surface area contributed by atoms with Crippen molar-refractivity contribution in [3.8, 4) is 0 Å². The van der Waals surface area contributed by atoms with E-state index < -0.39 is 9.84 Å². The summed E-state index contributed by atoms with van der Waals surface area (Å²) in [5, 5.41) is 0. The van der Waals surface area contributed by atoms with Gasteiger partial charge in [-0.2, -0.15) is 0 Å². The highest BCUT2D eigenvalue weighted by Gasteiger charge is 2.35. The lowest BCUT2D eigenvalue weighted by molar-refractivity contribution is 0.397. The highest BCUT2D eigenvalue weighted by Crippen LogP contribution is 2.36. The number of rotatable bonds is 5. The average Bonchev–Trinajstić information content (AvgIpc) is 2.59. The van der Waals surface area contributed by atoms with Crippen LogP contribution in [0.1, 0.15) is 46.0 Å². The summed E-state index contributed by atoms with van der Waals surface area (Å²) in [6, 6.07) is 0. The van der Waals surface area contributed by atoms with Gasteiger partial charge in [0, 0.05) is 11.3 Å². The van der Waals surface area contributed by atoms with Crippen LogP contribution < -0.4 is 5.73 Å². The van der Waals surface area contributed by atoms with Crippen molar-refractivity contribution in [1.82, 2.24) is 0 Å². The van der Waals surface area contributed by atoms with E-state index in [1.807, 2.05) is 0 Å². The second-order valence-electron chi connectivity index (χ2n) is 4.87. The van der Waals surface area contributed by atoms with Gasteiger partial charge in [-0.25, -0.2) is 8.42 Å². The van der Waals surface area contributed by atoms with E-state index in [1.54, 1.807) is 6.92 Å². The van der Waals surface area contributed by atoms with Crippen LogP contribution in [0.15, 0.2) is 0 Å². The van der Waals surface area contributed by atoms with Crippen molar-refractivity contribution in [2.75, 3.05) is 11.5 Å². The largest absolute Gasteiger partial charge is 0.325 e. The fourth-order valence-electron chi connectivity index (χ4n) is 2.35. The monoisotopic (exact) mass is 233 g/mol. The summed E-state index contributed by atoms with van der Waals surface area (Å²) in [6.07, 6.45) is 4.96. The van der Waals surface area contributed by atoms with Gasteiger partial charge in [-0.1, -0.05) is 20.3 Å². The molecule has 1 fully saturated rings. The molecule has 0 saturated heterocycles. The molecule has 1 aliphatic carbocycles. The van der Waals surface area contributed by atoms with Crippen molar-refractivity contribution in [2.24, 2.45) is 11.7 Å². The van der Waals surface area contributed by atoms with Gasteiger partial charge < -0.3 is 5.73 Å². The lowest BCUT2D eigenvalue weighted by Gasteiger charge is -2.23. The lowest BCUT2D eigenvalue weighted by Crippen LogP contribution is -2.39. The molecule has 1 saturated carbocycles. The quantitative estimate of drug-likeness (QED) is 0.786. The molecule has 15 heavy (non-hydrogen) atoms. The maximum Gasteiger partial charge on any atom is 0.150 e. The standard InChI is InChI=1S/C11H23NO2S/c1-3-10-5-6-11(12,9-10)7-8-15(13,14)4-2/h10H,3-9,12H2,1-2H3. The van der Waals surface area contributed by atoms with Crippen molar-refractivity contribution in [2.45, 2.75) is 51.5 Å². The van der Waals surface area contributed by atoms with Crippen LogP contribution in [0.5, 0.6) is 0 Å². The van der Waals surface area contributed by atoms with Crippen LogP contribution >= 0.6 is 0 Å². The number of hydrogen-bond donors (Lipinski definition) is 1. The summed E-state index contributed by atoms with van der Waals surface area (Å²) >= 11 is 0. The topological polar surface area (TPSA) is 60.2 Å². The highest BCUT2D eigenvalue weighted by atomic mass is 32.2. The number of nitrogens with two attached hydrogens (primary N) is 1. The van der Waals surface area contributed by atoms with Crippen molar-refractivity contribution < 1.29 is 8.42 Å². The second kappa shape index (κ2) is 4.83. The molecule has 0 aromatic rings. The number of hydrogen-bond acceptors (Lipinski definition) is 3. The Morgan fingerprint density at radius 2 is 2.07 bits per heavy atom. The van der Waals surface area contributed by atoms with E-state index in [9.17, 15) is 8.42 Å². The third-order valence-electron chi connectivity index (χ3n) is 3.67. The van der Waals surface area contributed by atoms with E-state index in [-0.39, 0.29) is 17.0 Å². The van der Waals surface area contributed by atoms with Crippen LogP contribution in [-0.2, 0) is 9.84 Å². The Kier molecular flexibility index (Phi) is 4.18. The summed E-state index contributed by atoms with van der Waals surface area (Å²) in [5.74, 6) is 1.20. The van der Waals surface area contributed by atoms with Gasteiger partial charge in [0.2, 0.25) is 0 Å². The van der Waals surface area contributed by atoms with Gasteiger partial charge in [-0.3, -0.25) is 0 Å². The minimum atomic E-state index is -2.85. The molecule has 0 heterocycles. The smallest absolute Gasteiger partial charge is 0.150 e. The second-order valence-corrected chi connectivity index (χ2v) is 7.34. The molecular formula is C11H23NO2S. The summed E-state index contributed by atoms with van der Waals surface area (Å²) in [5.41, 5.74) is 6.02. The normalized spacial score (nSPS) is 32.1. The predicted octanol–water partition coefficient (Wildman–Crippen LogP) is 1.72. The first kappa shape index (κ1) is 13.0. The SMILES string of the molecule is CCC1CCC(N)(CCS(=O)(=O)CC)C1. The molecule has 0 spiro atoms. The minimum Gasteiger partial charge on any atom is -0.325 e. The van der Waals surface area contributed by atoms with Gasteiger partial charge in [0.25, 0.3) is 0 Å². The Balaban J connectivity index is 2.45. The summed E-state index contributed by atoms with van der Waals surface area (Å²) in [6.45, 7) is 3.88. The van der Waals surface area contributed by atoms with Gasteiger partial charge in [-0.15, -0.1) is 0 Å². The Labute approximate surface area is 93.3 Å². The fourth-order valence-corrected chi connectivity index (χ4v) is 3.36. The predicted molar refractivity (Wildman–Crippen MR) is 63.5 cm³/mol. The van der Waals surface area contributed by atoms with Crippen LogP contribution in [0.3, 0.4) is 0 Å². The molecule has 0 amide bonds. The Hall–Kier alpha value is -0.0900. The summed E-state index contributed by atoms with van der Waals surface area (Å²) < 4.78 is 22.8. The molecule has 1 rings (SSSR count). The van der Waals surface area contributed by atoms with Gasteiger partial charge in [0.05, 0.1) is 5.75 Å². The van der Waals surface area contributed by atoms with Crippen LogP contribution in [-0.4, -0.2) is 25.5 Å². The molecule has 1 aliphatic rings. The van der Waals surface area contributed by atoms with Crippen molar-refractivity contribution in [1.29, 1.82) is 0 Å². The fraction of sp³-hybridized carbons (Fsp3) is 1.00. The molecule has 0 aromatic heterocycles. The van der Waals surface area contributed by atoms with Crippen LogP contribution in [0.2, 0.25) is 0 Å². The molecule has 4 heteroatoms. The Morgan fingerprint density at radius 3 is 2.53 bits per heavy atom. The molecule has 0 aliphatic heterocycles.